The Morgan fingerprint density at radius 3 is 2.57 bits per heavy atom. The molecule has 0 radical (unpaired) electrons. The molecule has 0 aliphatic heterocycles. The monoisotopic (exact) mass is 291 g/mol. The molecule has 0 aliphatic rings. The smallest absolute Gasteiger partial charge is 0.305 e. The molecule has 0 saturated heterocycles. The van der Waals surface area contributed by atoms with Crippen LogP contribution in [0.2, 0.25) is 0 Å². The molecule has 1 aromatic rings. The van der Waals surface area contributed by atoms with Gasteiger partial charge in [0.1, 0.15) is 0 Å². The van der Waals surface area contributed by atoms with Crippen molar-refractivity contribution in [3.63, 3.8) is 0 Å². The second-order valence-corrected chi connectivity index (χ2v) is 4.57. The molecule has 116 valence electrons. The van der Waals surface area contributed by atoms with Crippen LogP contribution in [0.15, 0.2) is 35.3 Å². The molecule has 0 amide bonds. The maximum Gasteiger partial charge on any atom is 0.305 e. The van der Waals surface area contributed by atoms with Crippen LogP contribution < -0.4 is 10.6 Å². The van der Waals surface area contributed by atoms with E-state index < -0.39 is 0 Å². The fourth-order valence-corrected chi connectivity index (χ4v) is 1.86. The van der Waals surface area contributed by atoms with Crippen molar-refractivity contribution in [1.82, 2.24) is 10.6 Å². The Hall–Kier alpha value is -2.04. The summed E-state index contributed by atoms with van der Waals surface area (Å²) in [5.74, 6) is 0.612. The van der Waals surface area contributed by atoms with E-state index in [0.29, 0.717) is 19.6 Å². The number of rotatable bonds is 8. The number of guanidine groups is 1. The topological polar surface area (TPSA) is 62.7 Å². The SMILES string of the molecule is CCOC(=O)CCCNC(=NC)NCCc1ccccc1. The molecule has 0 fully saturated rings. The molecule has 0 unspecified atom stereocenters. The van der Waals surface area contributed by atoms with Crippen molar-refractivity contribution >= 4 is 11.9 Å². The highest BCUT2D eigenvalue weighted by molar-refractivity contribution is 5.79. The third kappa shape index (κ3) is 7.97. The highest BCUT2D eigenvalue weighted by Crippen LogP contribution is 1.98. The largest absolute Gasteiger partial charge is 0.466 e. The minimum absolute atomic E-state index is 0.147. The van der Waals surface area contributed by atoms with Crippen LogP contribution in [0.4, 0.5) is 0 Å². The molecule has 0 spiro atoms. The molecule has 1 aromatic carbocycles. The number of ether oxygens (including phenoxy) is 1. The van der Waals surface area contributed by atoms with Crippen molar-refractivity contribution in [3.8, 4) is 0 Å². The van der Waals surface area contributed by atoms with Gasteiger partial charge in [-0.15, -0.1) is 0 Å². The highest BCUT2D eigenvalue weighted by Gasteiger charge is 2.02. The number of esters is 1. The first-order chi connectivity index (χ1) is 10.3. The average Bonchev–Trinajstić information content (AvgIpc) is 2.51. The van der Waals surface area contributed by atoms with Crippen molar-refractivity contribution in [3.05, 3.63) is 35.9 Å². The first kappa shape index (κ1) is 17.0. The molecule has 0 heterocycles. The average molecular weight is 291 g/mol. The molecule has 5 heteroatoms. The van der Waals surface area contributed by atoms with Gasteiger partial charge >= 0.3 is 5.97 Å². The summed E-state index contributed by atoms with van der Waals surface area (Å²) in [5, 5.41) is 6.44. The predicted octanol–water partition coefficient (Wildman–Crippen LogP) is 1.74. The van der Waals surface area contributed by atoms with Crippen molar-refractivity contribution in [2.75, 3.05) is 26.7 Å². The normalized spacial score (nSPS) is 11.0. The third-order valence-electron chi connectivity index (χ3n) is 2.93. The Kier molecular flexibility index (Phi) is 8.68. The van der Waals surface area contributed by atoms with Crippen LogP contribution in [0.5, 0.6) is 0 Å². The molecular weight excluding hydrogens is 266 g/mol. The second-order valence-electron chi connectivity index (χ2n) is 4.57. The van der Waals surface area contributed by atoms with Crippen molar-refractivity contribution in [2.45, 2.75) is 26.2 Å². The predicted molar refractivity (Wildman–Crippen MR) is 85.4 cm³/mol. The van der Waals surface area contributed by atoms with E-state index in [0.717, 1.165) is 25.3 Å². The van der Waals surface area contributed by atoms with Crippen LogP contribution in [-0.2, 0) is 16.0 Å². The number of hydrogen-bond acceptors (Lipinski definition) is 3. The number of benzene rings is 1. The minimum Gasteiger partial charge on any atom is -0.466 e. The Balaban J connectivity index is 2.13. The minimum atomic E-state index is -0.147. The van der Waals surface area contributed by atoms with E-state index in [1.807, 2.05) is 25.1 Å². The van der Waals surface area contributed by atoms with Gasteiger partial charge in [0.2, 0.25) is 0 Å². The molecule has 21 heavy (non-hydrogen) atoms. The van der Waals surface area contributed by atoms with Gasteiger partial charge in [-0.05, 0) is 25.3 Å². The van der Waals surface area contributed by atoms with Gasteiger partial charge in [-0.1, -0.05) is 30.3 Å². The van der Waals surface area contributed by atoms with E-state index >= 15 is 0 Å². The summed E-state index contributed by atoms with van der Waals surface area (Å²) in [6.45, 7) is 3.77. The lowest BCUT2D eigenvalue weighted by Gasteiger charge is -2.11. The van der Waals surface area contributed by atoms with Gasteiger partial charge in [-0.25, -0.2) is 0 Å². The molecule has 5 nitrogen and oxygen atoms in total. The molecular formula is C16H25N3O2. The zero-order chi connectivity index (χ0) is 15.3. The first-order valence-corrected chi connectivity index (χ1v) is 7.40. The van der Waals surface area contributed by atoms with Crippen molar-refractivity contribution in [2.24, 2.45) is 4.99 Å². The number of nitrogens with zero attached hydrogens (tertiary/aromatic N) is 1. The summed E-state index contributed by atoms with van der Waals surface area (Å²) in [7, 11) is 1.74. The molecule has 0 bridgehead atoms. The quantitative estimate of drug-likeness (QED) is 0.331. The Morgan fingerprint density at radius 2 is 1.90 bits per heavy atom. The van der Waals surface area contributed by atoms with Gasteiger partial charge in [0.15, 0.2) is 5.96 Å². The van der Waals surface area contributed by atoms with Gasteiger partial charge in [0.25, 0.3) is 0 Å². The maximum atomic E-state index is 11.2. The number of nitrogens with one attached hydrogen (secondary N) is 2. The number of hydrogen-bond donors (Lipinski definition) is 2. The molecule has 0 saturated carbocycles. The summed E-state index contributed by atoms with van der Waals surface area (Å²) in [5.41, 5.74) is 1.29. The summed E-state index contributed by atoms with van der Waals surface area (Å²) in [6, 6.07) is 10.3. The molecule has 1 rings (SSSR count). The summed E-state index contributed by atoms with van der Waals surface area (Å²) < 4.78 is 4.88. The van der Waals surface area contributed by atoms with Gasteiger partial charge in [-0.3, -0.25) is 9.79 Å². The van der Waals surface area contributed by atoms with Crippen LogP contribution in [0.25, 0.3) is 0 Å². The van der Waals surface area contributed by atoms with E-state index in [2.05, 4.69) is 27.8 Å². The lowest BCUT2D eigenvalue weighted by Crippen LogP contribution is -2.38. The van der Waals surface area contributed by atoms with E-state index in [9.17, 15) is 4.79 Å². The van der Waals surface area contributed by atoms with E-state index in [4.69, 9.17) is 4.74 Å². The van der Waals surface area contributed by atoms with E-state index in [1.165, 1.54) is 5.56 Å². The molecule has 0 aliphatic carbocycles. The summed E-state index contributed by atoms with van der Waals surface area (Å²) in [4.78, 5) is 15.3. The molecule has 2 N–H and O–H groups in total. The Morgan fingerprint density at radius 1 is 1.19 bits per heavy atom. The van der Waals surface area contributed by atoms with E-state index in [-0.39, 0.29) is 5.97 Å². The van der Waals surface area contributed by atoms with Crippen LogP contribution in [0.1, 0.15) is 25.3 Å². The van der Waals surface area contributed by atoms with Crippen molar-refractivity contribution in [1.29, 1.82) is 0 Å². The maximum absolute atomic E-state index is 11.2. The van der Waals surface area contributed by atoms with Crippen LogP contribution >= 0.6 is 0 Å². The van der Waals surface area contributed by atoms with Crippen LogP contribution in [0, 0.1) is 0 Å². The number of aliphatic imine (C=N–C) groups is 1. The lowest BCUT2D eigenvalue weighted by atomic mass is 10.1. The third-order valence-corrected chi connectivity index (χ3v) is 2.93. The van der Waals surface area contributed by atoms with E-state index in [1.54, 1.807) is 7.05 Å². The van der Waals surface area contributed by atoms with Gasteiger partial charge in [0.05, 0.1) is 6.61 Å². The zero-order valence-corrected chi connectivity index (χ0v) is 12.9. The lowest BCUT2D eigenvalue weighted by molar-refractivity contribution is -0.143. The number of carbonyl (C=O) groups is 1. The number of carbonyl (C=O) groups excluding carboxylic acids is 1. The summed E-state index contributed by atoms with van der Waals surface area (Å²) >= 11 is 0. The first-order valence-electron chi connectivity index (χ1n) is 7.40. The Bertz CT molecular complexity index is 432. The van der Waals surface area contributed by atoms with Crippen LogP contribution in [-0.4, -0.2) is 38.7 Å². The van der Waals surface area contributed by atoms with Crippen molar-refractivity contribution < 1.29 is 9.53 Å². The fourth-order valence-electron chi connectivity index (χ4n) is 1.86. The zero-order valence-electron chi connectivity index (χ0n) is 12.9. The summed E-state index contributed by atoms with van der Waals surface area (Å²) in [6.07, 6.45) is 2.12. The fraction of sp³-hybridized carbons (Fsp3) is 0.500. The van der Waals surface area contributed by atoms with Gasteiger partial charge < -0.3 is 15.4 Å². The van der Waals surface area contributed by atoms with Gasteiger partial charge in [0, 0.05) is 26.6 Å². The van der Waals surface area contributed by atoms with Gasteiger partial charge in [-0.2, -0.15) is 0 Å². The highest BCUT2D eigenvalue weighted by atomic mass is 16.5. The second kappa shape index (κ2) is 10.7. The molecule has 0 atom stereocenters. The van der Waals surface area contributed by atoms with Crippen LogP contribution in [0.3, 0.4) is 0 Å². The molecule has 0 aromatic heterocycles. The standard InChI is InChI=1S/C16H25N3O2/c1-3-21-15(20)10-7-12-18-16(17-2)19-13-11-14-8-5-4-6-9-14/h4-6,8-9H,3,7,10-13H2,1-2H3,(H2,17,18,19). The Labute approximate surface area is 126 Å².